The van der Waals surface area contributed by atoms with Crippen molar-refractivity contribution in [3.05, 3.63) is 0 Å². The van der Waals surface area contributed by atoms with Crippen molar-refractivity contribution in [3.63, 3.8) is 0 Å². The van der Waals surface area contributed by atoms with Crippen LogP contribution in [0.25, 0.3) is 0 Å². The van der Waals surface area contributed by atoms with Crippen LogP contribution in [-0.4, -0.2) is 36.6 Å². The minimum atomic E-state index is -0.281. The van der Waals surface area contributed by atoms with Crippen LogP contribution in [0.5, 0.6) is 0 Å². The van der Waals surface area contributed by atoms with E-state index in [1.165, 1.54) is 45.1 Å². The maximum atomic E-state index is 9.52. The molecule has 1 N–H and O–H groups in total. The standard InChI is InChI=1S/C14H25N3/c1-3-4-9-17(13-7-8-13)11-14(10-15,16-2)12-5-6-12/h12-13,16H,3-9,11H2,1-2H3. The molecule has 96 valence electrons. The molecule has 0 amide bonds. The van der Waals surface area contributed by atoms with E-state index in [1.54, 1.807) is 0 Å². The van der Waals surface area contributed by atoms with E-state index in [2.05, 4.69) is 23.2 Å². The number of hydrogen-bond acceptors (Lipinski definition) is 3. The smallest absolute Gasteiger partial charge is 0.122 e. The lowest BCUT2D eigenvalue weighted by molar-refractivity contribution is 0.191. The van der Waals surface area contributed by atoms with Crippen molar-refractivity contribution in [1.82, 2.24) is 10.2 Å². The van der Waals surface area contributed by atoms with E-state index in [9.17, 15) is 5.26 Å². The predicted molar refractivity (Wildman–Crippen MR) is 69.6 cm³/mol. The van der Waals surface area contributed by atoms with Gasteiger partial charge in [-0.15, -0.1) is 0 Å². The Balaban J connectivity index is 1.96. The molecule has 2 rings (SSSR count). The van der Waals surface area contributed by atoms with Crippen LogP contribution in [0.15, 0.2) is 0 Å². The van der Waals surface area contributed by atoms with Crippen LogP contribution >= 0.6 is 0 Å². The van der Waals surface area contributed by atoms with Crippen LogP contribution in [0.2, 0.25) is 0 Å². The van der Waals surface area contributed by atoms with Crippen LogP contribution in [-0.2, 0) is 0 Å². The fourth-order valence-corrected chi connectivity index (χ4v) is 2.68. The first-order valence-corrected chi connectivity index (χ1v) is 7.10. The highest BCUT2D eigenvalue weighted by Gasteiger charge is 2.47. The summed E-state index contributed by atoms with van der Waals surface area (Å²) >= 11 is 0. The van der Waals surface area contributed by atoms with E-state index in [0.717, 1.165) is 12.6 Å². The van der Waals surface area contributed by atoms with Gasteiger partial charge in [-0.05, 0) is 51.6 Å². The molecule has 0 saturated heterocycles. The Morgan fingerprint density at radius 3 is 2.47 bits per heavy atom. The number of nitrogens with one attached hydrogen (secondary N) is 1. The molecule has 3 nitrogen and oxygen atoms in total. The Morgan fingerprint density at radius 2 is 2.06 bits per heavy atom. The molecule has 0 aromatic rings. The molecule has 0 bridgehead atoms. The Kier molecular flexibility index (Phi) is 4.06. The van der Waals surface area contributed by atoms with Gasteiger partial charge in [0.15, 0.2) is 0 Å². The fraction of sp³-hybridized carbons (Fsp3) is 0.929. The first kappa shape index (κ1) is 12.9. The predicted octanol–water partition coefficient (Wildman–Crippen LogP) is 2.14. The van der Waals surface area contributed by atoms with Crippen LogP contribution in [0.4, 0.5) is 0 Å². The lowest BCUT2D eigenvalue weighted by atomic mass is 9.94. The molecule has 2 aliphatic rings. The van der Waals surface area contributed by atoms with Crippen molar-refractivity contribution in [2.75, 3.05) is 20.1 Å². The summed E-state index contributed by atoms with van der Waals surface area (Å²) < 4.78 is 0. The number of nitriles is 1. The minimum absolute atomic E-state index is 0.281. The normalized spacial score (nSPS) is 23.4. The third-order valence-corrected chi connectivity index (χ3v) is 4.23. The monoisotopic (exact) mass is 235 g/mol. The van der Waals surface area contributed by atoms with Gasteiger partial charge >= 0.3 is 0 Å². The number of unbranched alkanes of at least 4 members (excludes halogenated alkanes) is 1. The van der Waals surface area contributed by atoms with E-state index in [0.29, 0.717) is 5.92 Å². The molecule has 2 aliphatic carbocycles. The molecule has 0 heterocycles. The molecule has 2 saturated carbocycles. The van der Waals surface area contributed by atoms with Gasteiger partial charge in [-0.3, -0.25) is 4.90 Å². The van der Waals surface area contributed by atoms with Gasteiger partial charge in [0.05, 0.1) is 6.07 Å². The van der Waals surface area contributed by atoms with Crippen LogP contribution in [0, 0.1) is 17.2 Å². The molecular formula is C14H25N3. The second kappa shape index (κ2) is 5.37. The van der Waals surface area contributed by atoms with Crippen molar-refractivity contribution in [1.29, 1.82) is 5.26 Å². The van der Waals surface area contributed by atoms with E-state index in [-0.39, 0.29) is 5.54 Å². The maximum absolute atomic E-state index is 9.52. The Labute approximate surface area is 105 Å². The summed E-state index contributed by atoms with van der Waals surface area (Å²) in [6, 6.07) is 3.33. The SMILES string of the molecule is CCCCN(CC(C#N)(NC)C1CC1)C1CC1. The average Bonchev–Trinajstić information content (AvgIpc) is 3.20. The maximum Gasteiger partial charge on any atom is 0.122 e. The summed E-state index contributed by atoms with van der Waals surface area (Å²) in [4.78, 5) is 2.56. The summed E-state index contributed by atoms with van der Waals surface area (Å²) in [7, 11) is 1.95. The largest absolute Gasteiger partial charge is 0.301 e. The zero-order chi connectivity index (χ0) is 12.3. The lowest BCUT2D eigenvalue weighted by Gasteiger charge is -2.33. The molecule has 1 atom stereocenters. The number of hydrogen-bond donors (Lipinski definition) is 1. The third kappa shape index (κ3) is 3.00. The second-order valence-electron chi connectivity index (χ2n) is 5.66. The molecular weight excluding hydrogens is 210 g/mol. The van der Waals surface area contributed by atoms with Crippen molar-refractivity contribution >= 4 is 0 Å². The quantitative estimate of drug-likeness (QED) is 0.700. The fourth-order valence-electron chi connectivity index (χ4n) is 2.68. The van der Waals surface area contributed by atoms with Gasteiger partial charge in [0.25, 0.3) is 0 Å². The zero-order valence-electron chi connectivity index (χ0n) is 11.2. The van der Waals surface area contributed by atoms with Crippen molar-refractivity contribution in [3.8, 4) is 6.07 Å². The molecule has 0 aromatic carbocycles. The van der Waals surface area contributed by atoms with Gasteiger partial charge in [0.1, 0.15) is 5.54 Å². The molecule has 1 unspecified atom stereocenters. The molecule has 17 heavy (non-hydrogen) atoms. The van der Waals surface area contributed by atoms with Crippen molar-refractivity contribution < 1.29 is 0 Å². The van der Waals surface area contributed by atoms with Gasteiger partial charge in [0.2, 0.25) is 0 Å². The Morgan fingerprint density at radius 1 is 1.35 bits per heavy atom. The third-order valence-electron chi connectivity index (χ3n) is 4.23. The molecule has 0 aromatic heterocycles. The number of rotatable bonds is 8. The Hall–Kier alpha value is -0.590. The molecule has 0 spiro atoms. The molecule has 3 heteroatoms. The topological polar surface area (TPSA) is 39.1 Å². The van der Waals surface area contributed by atoms with E-state index >= 15 is 0 Å². The van der Waals surface area contributed by atoms with Gasteiger partial charge in [-0.2, -0.15) is 5.26 Å². The van der Waals surface area contributed by atoms with Gasteiger partial charge < -0.3 is 5.32 Å². The summed E-state index contributed by atoms with van der Waals surface area (Å²) in [6.07, 6.45) is 7.61. The van der Waals surface area contributed by atoms with Gasteiger partial charge in [-0.25, -0.2) is 0 Å². The van der Waals surface area contributed by atoms with Gasteiger partial charge in [-0.1, -0.05) is 13.3 Å². The van der Waals surface area contributed by atoms with Crippen LogP contribution in [0.3, 0.4) is 0 Å². The van der Waals surface area contributed by atoms with E-state index < -0.39 is 0 Å². The second-order valence-corrected chi connectivity index (χ2v) is 5.66. The van der Waals surface area contributed by atoms with Gasteiger partial charge in [0, 0.05) is 12.6 Å². The zero-order valence-corrected chi connectivity index (χ0v) is 11.2. The summed E-state index contributed by atoms with van der Waals surface area (Å²) in [6.45, 7) is 4.33. The highest BCUT2D eigenvalue weighted by atomic mass is 15.2. The number of nitrogens with zero attached hydrogens (tertiary/aromatic N) is 2. The lowest BCUT2D eigenvalue weighted by Crippen LogP contribution is -2.53. The molecule has 0 radical (unpaired) electrons. The van der Waals surface area contributed by atoms with Crippen molar-refractivity contribution in [2.24, 2.45) is 5.92 Å². The summed E-state index contributed by atoms with van der Waals surface area (Å²) in [5, 5.41) is 12.8. The van der Waals surface area contributed by atoms with E-state index in [4.69, 9.17) is 0 Å². The van der Waals surface area contributed by atoms with Crippen molar-refractivity contribution in [2.45, 2.75) is 57.0 Å². The highest BCUT2D eigenvalue weighted by molar-refractivity contribution is 5.16. The minimum Gasteiger partial charge on any atom is -0.301 e. The number of likely N-dealkylation sites (N-methyl/N-ethyl adjacent to an activating group) is 1. The van der Waals surface area contributed by atoms with E-state index in [1.807, 2.05) is 7.05 Å². The average molecular weight is 235 g/mol. The summed E-state index contributed by atoms with van der Waals surface area (Å²) in [5.74, 6) is 0.584. The molecule has 2 fully saturated rings. The van der Waals surface area contributed by atoms with Crippen LogP contribution in [0.1, 0.15) is 45.4 Å². The first-order chi connectivity index (χ1) is 8.25. The molecule has 0 aliphatic heterocycles. The Bertz CT molecular complexity index is 288. The van der Waals surface area contributed by atoms with Crippen LogP contribution < -0.4 is 5.32 Å². The highest BCUT2D eigenvalue weighted by Crippen LogP contribution is 2.41. The summed E-state index contributed by atoms with van der Waals surface area (Å²) in [5.41, 5.74) is -0.281. The first-order valence-electron chi connectivity index (χ1n) is 7.10.